The minimum Gasteiger partial charge on any atom is -0.341 e. The van der Waals surface area contributed by atoms with Gasteiger partial charge in [-0.1, -0.05) is 19.8 Å². The SMILES string of the molecule is CCC1c2nncn2-c2cnc(-n3cc[n+](C)c3C)nc2N1C1CCCC1. The maximum atomic E-state index is 5.05. The van der Waals surface area contributed by atoms with Crippen LogP contribution in [0.5, 0.6) is 0 Å². The molecule has 1 saturated carbocycles. The van der Waals surface area contributed by atoms with E-state index in [1.165, 1.54) is 25.7 Å². The van der Waals surface area contributed by atoms with Gasteiger partial charge in [-0.15, -0.1) is 10.2 Å². The molecule has 0 amide bonds. The molecular weight excluding hydrogens is 340 g/mol. The van der Waals surface area contributed by atoms with Crippen LogP contribution in [0.4, 0.5) is 5.82 Å². The maximum absolute atomic E-state index is 5.05. The molecular formula is C19H25N8+. The summed E-state index contributed by atoms with van der Waals surface area (Å²) in [5, 5.41) is 8.62. The average Bonchev–Trinajstić information content (AvgIpc) is 3.43. The summed E-state index contributed by atoms with van der Waals surface area (Å²) < 4.78 is 6.17. The van der Waals surface area contributed by atoms with E-state index in [0.717, 1.165) is 29.6 Å². The van der Waals surface area contributed by atoms with Crippen LogP contribution in [0.25, 0.3) is 11.6 Å². The summed E-state index contributed by atoms with van der Waals surface area (Å²) >= 11 is 0. The molecule has 2 aliphatic rings. The van der Waals surface area contributed by atoms with E-state index in [2.05, 4.69) is 43.1 Å². The third kappa shape index (κ3) is 2.39. The minimum atomic E-state index is 0.202. The van der Waals surface area contributed by atoms with Crippen LogP contribution in [-0.4, -0.2) is 35.3 Å². The molecule has 0 N–H and O–H groups in total. The lowest BCUT2D eigenvalue weighted by molar-refractivity contribution is -0.677. The molecule has 1 aliphatic heterocycles. The summed E-state index contributed by atoms with van der Waals surface area (Å²) in [5.74, 6) is 3.80. The Kier molecular flexibility index (Phi) is 3.73. The molecule has 0 aromatic carbocycles. The standard InChI is InChI=1S/C19H25N8/c1-4-15-18-23-21-12-26(18)16-11-20-19(25-10-9-24(3)13(25)2)22-17(16)27(15)14-7-5-6-8-14/h9-12,14-15H,4-8H2,1-3H3/q+1. The summed E-state index contributed by atoms with van der Waals surface area (Å²) in [4.78, 5) is 12.2. The van der Waals surface area contributed by atoms with E-state index in [-0.39, 0.29) is 6.04 Å². The van der Waals surface area contributed by atoms with Crippen LogP contribution in [0.1, 0.15) is 56.7 Å². The van der Waals surface area contributed by atoms with Gasteiger partial charge < -0.3 is 4.90 Å². The van der Waals surface area contributed by atoms with E-state index >= 15 is 0 Å². The van der Waals surface area contributed by atoms with Gasteiger partial charge in [0.25, 0.3) is 5.82 Å². The zero-order chi connectivity index (χ0) is 18.5. The number of fused-ring (bicyclic) bond motifs is 3. The van der Waals surface area contributed by atoms with Crippen molar-refractivity contribution in [3.63, 3.8) is 0 Å². The molecule has 140 valence electrons. The van der Waals surface area contributed by atoms with Crippen molar-refractivity contribution < 1.29 is 4.57 Å². The number of aryl methyl sites for hydroxylation is 1. The number of hydrogen-bond donors (Lipinski definition) is 0. The van der Waals surface area contributed by atoms with Crippen LogP contribution >= 0.6 is 0 Å². The van der Waals surface area contributed by atoms with Crippen LogP contribution in [-0.2, 0) is 7.05 Å². The smallest absolute Gasteiger partial charge is 0.327 e. The average molecular weight is 365 g/mol. The van der Waals surface area contributed by atoms with Gasteiger partial charge in [-0.3, -0.25) is 4.57 Å². The molecule has 1 fully saturated rings. The number of aromatic nitrogens is 7. The lowest BCUT2D eigenvalue weighted by Crippen LogP contribution is -2.42. The number of imidazole rings is 1. The number of anilines is 1. The summed E-state index contributed by atoms with van der Waals surface area (Å²) in [6.07, 6.45) is 13.7. The Hall–Kier alpha value is -2.77. The second-order valence-electron chi connectivity index (χ2n) is 7.53. The summed E-state index contributed by atoms with van der Waals surface area (Å²) in [5.41, 5.74) is 0.976. The monoisotopic (exact) mass is 365 g/mol. The topological polar surface area (TPSA) is 68.5 Å². The van der Waals surface area contributed by atoms with Crippen molar-refractivity contribution in [2.75, 3.05) is 4.90 Å². The Balaban J connectivity index is 1.70. The first-order chi connectivity index (χ1) is 13.2. The molecule has 27 heavy (non-hydrogen) atoms. The lowest BCUT2D eigenvalue weighted by Gasteiger charge is -2.40. The second kappa shape index (κ2) is 6.14. The van der Waals surface area contributed by atoms with Gasteiger partial charge in [-0.05, 0) is 19.3 Å². The number of hydrogen-bond acceptors (Lipinski definition) is 5. The van der Waals surface area contributed by atoms with Gasteiger partial charge in [0.1, 0.15) is 24.4 Å². The molecule has 5 rings (SSSR count). The van der Waals surface area contributed by atoms with Gasteiger partial charge in [0.05, 0.1) is 19.3 Å². The van der Waals surface area contributed by atoms with Crippen molar-refractivity contribution in [1.82, 2.24) is 29.3 Å². The van der Waals surface area contributed by atoms with E-state index in [4.69, 9.17) is 4.98 Å². The largest absolute Gasteiger partial charge is 0.341 e. The molecule has 1 unspecified atom stereocenters. The Labute approximate surface area is 158 Å². The first-order valence-corrected chi connectivity index (χ1v) is 9.78. The van der Waals surface area contributed by atoms with Crippen molar-refractivity contribution in [2.24, 2.45) is 7.05 Å². The fraction of sp³-hybridized carbons (Fsp3) is 0.526. The summed E-state index contributed by atoms with van der Waals surface area (Å²) in [7, 11) is 2.03. The van der Waals surface area contributed by atoms with Crippen molar-refractivity contribution in [2.45, 2.75) is 58.0 Å². The van der Waals surface area contributed by atoms with Crippen molar-refractivity contribution in [1.29, 1.82) is 0 Å². The quantitative estimate of drug-likeness (QED) is 0.666. The highest BCUT2D eigenvalue weighted by Gasteiger charge is 2.39. The van der Waals surface area contributed by atoms with Crippen molar-refractivity contribution >= 4 is 5.82 Å². The fourth-order valence-electron chi connectivity index (χ4n) is 4.52. The van der Waals surface area contributed by atoms with Gasteiger partial charge in [0, 0.05) is 13.0 Å². The zero-order valence-corrected chi connectivity index (χ0v) is 16.1. The van der Waals surface area contributed by atoms with Gasteiger partial charge in [-0.25, -0.2) is 4.57 Å². The van der Waals surface area contributed by atoms with E-state index < -0.39 is 0 Å². The third-order valence-electron chi connectivity index (χ3n) is 6.07. The molecule has 8 heteroatoms. The molecule has 0 saturated heterocycles. The molecule has 1 aliphatic carbocycles. The molecule has 0 bridgehead atoms. The molecule has 3 aromatic rings. The predicted octanol–water partition coefficient (Wildman–Crippen LogP) is 2.19. The predicted molar refractivity (Wildman–Crippen MR) is 100.0 cm³/mol. The number of rotatable bonds is 3. The van der Waals surface area contributed by atoms with Crippen molar-refractivity contribution in [3.05, 3.63) is 36.6 Å². The molecule has 0 spiro atoms. The Bertz CT molecular complexity index is 982. The highest BCUT2D eigenvalue weighted by Crippen LogP contribution is 2.42. The van der Waals surface area contributed by atoms with Crippen LogP contribution in [0, 0.1) is 6.92 Å². The molecule has 0 radical (unpaired) electrons. The zero-order valence-electron chi connectivity index (χ0n) is 16.1. The van der Waals surface area contributed by atoms with Gasteiger partial charge in [0.2, 0.25) is 0 Å². The molecule has 8 nitrogen and oxygen atoms in total. The lowest BCUT2D eigenvalue weighted by atomic mass is 10.0. The van der Waals surface area contributed by atoms with Crippen LogP contribution < -0.4 is 9.47 Å². The fourth-order valence-corrected chi connectivity index (χ4v) is 4.52. The van der Waals surface area contributed by atoms with E-state index in [9.17, 15) is 0 Å². The maximum Gasteiger partial charge on any atom is 0.327 e. The van der Waals surface area contributed by atoms with Gasteiger partial charge in [0.15, 0.2) is 11.6 Å². The van der Waals surface area contributed by atoms with Gasteiger partial charge in [-0.2, -0.15) is 14.5 Å². The third-order valence-corrected chi connectivity index (χ3v) is 6.07. The van der Waals surface area contributed by atoms with Crippen molar-refractivity contribution in [3.8, 4) is 11.6 Å². The first kappa shape index (κ1) is 16.4. The Morgan fingerprint density at radius 2 is 2.04 bits per heavy atom. The Morgan fingerprint density at radius 1 is 1.22 bits per heavy atom. The Morgan fingerprint density at radius 3 is 2.74 bits per heavy atom. The van der Waals surface area contributed by atoms with Crippen LogP contribution in [0.2, 0.25) is 0 Å². The molecule has 1 atom stereocenters. The normalized spacial score (nSPS) is 19.4. The molecule has 4 heterocycles. The van der Waals surface area contributed by atoms with E-state index in [1.54, 1.807) is 6.33 Å². The van der Waals surface area contributed by atoms with Gasteiger partial charge >= 0.3 is 5.95 Å². The summed E-state index contributed by atoms with van der Waals surface area (Å²) in [6, 6.07) is 0.705. The van der Waals surface area contributed by atoms with E-state index in [1.807, 2.05) is 30.2 Å². The van der Waals surface area contributed by atoms with E-state index in [0.29, 0.717) is 12.0 Å². The highest BCUT2D eigenvalue weighted by atomic mass is 15.4. The van der Waals surface area contributed by atoms with Crippen LogP contribution in [0.15, 0.2) is 24.9 Å². The molecule has 3 aromatic heterocycles. The minimum absolute atomic E-state index is 0.202. The van der Waals surface area contributed by atoms with Crippen LogP contribution in [0.3, 0.4) is 0 Å². The first-order valence-electron chi connectivity index (χ1n) is 9.78. The summed E-state index contributed by atoms with van der Waals surface area (Å²) in [6.45, 7) is 4.29. The second-order valence-corrected chi connectivity index (χ2v) is 7.53. The number of nitrogens with zero attached hydrogens (tertiary/aromatic N) is 8. The highest BCUT2D eigenvalue weighted by molar-refractivity contribution is 5.62.